The Hall–Kier alpha value is -1.55. The summed E-state index contributed by atoms with van der Waals surface area (Å²) in [5, 5.41) is 12.8. The molecule has 21 heavy (non-hydrogen) atoms. The second-order valence-corrected chi connectivity index (χ2v) is 6.75. The van der Waals surface area contributed by atoms with Gasteiger partial charge in [-0.1, -0.05) is 26.0 Å². The lowest BCUT2D eigenvalue weighted by Gasteiger charge is -2.37. The molecule has 0 spiro atoms. The minimum absolute atomic E-state index is 0.0684. The number of amides is 1. The number of benzene rings is 1. The number of carbonyl (C=O) groups excluding carboxylic acids is 1. The van der Waals surface area contributed by atoms with Gasteiger partial charge in [-0.05, 0) is 51.3 Å². The van der Waals surface area contributed by atoms with Gasteiger partial charge in [-0.25, -0.2) is 0 Å². The van der Waals surface area contributed by atoms with Crippen LogP contribution in [0.15, 0.2) is 24.3 Å². The maximum absolute atomic E-state index is 12.0. The molecule has 4 heteroatoms. The molecular weight excluding hydrogens is 266 g/mol. The van der Waals surface area contributed by atoms with Crippen molar-refractivity contribution in [3.63, 3.8) is 0 Å². The predicted molar refractivity (Wildman–Crippen MR) is 84.5 cm³/mol. The highest BCUT2D eigenvalue weighted by atomic mass is 16.5. The van der Waals surface area contributed by atoms with Gasteiger partial charge < -0.3 is 15.2 Å². The molecule has 0 fully saturated rings. The zero-order valence-electron chi connectivity index (χ0n) is 13.9. The van der Waals surface area contributed by atoms with E-state index in [0.717, 1.165) is 0 Å². The van der Waals surface area contributed by atoms with Crippen LogP contribution in [-0.4, -0.2) is 28.8 Å². The van der Waals surface area contributed by atoms with Crippen molar-refractivity contribution in [1.29, 1.82) is 0 Å². The Morgan fingerprint density at radius 2 is 1.90 bits per heavy atom. The first-order chi connectivity index (χ1) is 9.53. The average molecular weight is 293 g/mol. The lowest BCUT2D eigenvalue weighted by Crippen LogP contribution is -2.58. The number of aliphatic hydroxyl groups is 1. The van der Waals surface area contributed by atoms with Crippen LogP contribution in [0.2, 0.25) is 0 Å². The molecule has 0 heterocycles. The van der Waals surface area contributed by atoms with Crippen LogP contribution in [0.25, 0.3) is 0 Å². The van der Waals surface area contributed by atoms with E-state index in [1.54, 1.807) is 27.7 Å². The van der Waals surface area contributed by atoms with Crippen LogP contribution in [0.1, 0.15) is 53.0 Å². The van der Waals surface area contributed by atoms with E-state index >= 15 is 0 Å². The molecule has 0 saturated heterocycles. The Bertz CT molecular complexity index is 487. The van der Waals surface area contributed by atoms with E-state index in [2.05, 4.69) is 19.2 Å². The lowest BCUT2D eigenvalue weighted by atomic mass is 9.86. The van der Waals surface area contributed by atoms with Crippen LogP contribution in [0.3, 0.4) is 0 Å². The van der Waals surface area contributed by atoms with Crippen molar-refractivity contribution in [2.24, 2.45) is 0 Å². The van der Waals surface area contributed by atoms with Crippen LogP contribution in [0.4, 0.5) is 0 Å². The third-order valence-electron chi connectivity index (χ3n) is 3.88. The van der Waals surface area contributed by atoms with Gasteiger partial charge in [-0.15, -0.1) is 0 Å². The maximum atomic E-state index is 12.0. The van der Waals surface area contributed by atoms with Gasteiger partial charge in [-0.3, -0.25) is 4.79 Å². The monoisotopic (exact) mass is 293 g/mol. The molecule has 0 bridgehead atoms. The predicted octanol–water partition coefficient (Wildman–Crippen LogP) is 2.85. The SMILES string of the molecule is CC(C)c1cccc(OCC(=O)NC(C)(C)C(C)(C)O)c1. The quantitative estimate of drug-likeness (QED) is 0.848. The maximum Gasteiger partial charge on any atom is 0.258 e. The Balaban J connectivity index is 2.60. The van der Waals surface area contributed by atoms with E-state index < -0.39 is 11.1 Å². The molecule has 0 aliphatic heterocycles. The summed E-state index contributed by atoms with van der Waals surface area (Å²) in [6, 6.07) is 7.73. The number of nitrogens with one attached hydrogen (secondary N) is 1. The summed E-state index contributed by atoms with van der Waals surface area (Å²) in [4.78, 5) is 12.0. The number of hydrogen-bond donors (Lipinski definition) is 2. The molecule has 0 aromatic heterocycles. The fourth-order valence-corrected chi connectivity index (χ4v) is 1.65. The minimum atomic E-state index is -1.01. The van der Waals surface area contributed by atoms with Crippen molar-refractivity contribution in [3.8, 4) is 5.75 Å². The van der Waals surface area contributed by atoms with Crippen LogP contribution < -0.4 is 10.1 Å². The highest BCUT2D eigenvalue weighted by molar-refractivity contribution is 5.78. The first-order valence-electron chi connectivity index (χ1n) is 7.29. The summed E-state index contributed by atoms with van der Waals surface area (Å²) >= 11 is 0. The van der Waals surface area contributed by atoms with Crippen molar-refractivity contribution in [1.82, 2.24) is 5.32 Å². The molecule has 2 N–H and O–H groups in total. The van der Waals surface area contributed by atoms with Gasteiger partial charge in [0, 0.05) is 0 Å². The fourth-order valence-electron chi connectivity index (χ4n) is 1.65. The molecule has 0 unspecified atom stereocenters. The molecule has 0 saturated carbocycles. The molecule has 1 amide bonds. The summed E-state index contributed by atoms with van der Waals surface area (Å²) in [5.41, 5.74) is -0.572. The summed E-state index contributed by atoms with van der Waals surface area (Å²) in [5.74, 6) is 0.839. The Kier molecular flexibility index (Phi) is 5.40. The normalized spacial score (nSPS) is 12.4. The number of ether oxygens (including phenoxy) is 1. The standard InChI is InChI=1S/C17H27NO3/c1-12(2)13-8-7-9-14(10-13)21-11-15(19)18-16(3,4)17(5,6)20/h7-10,12,20H,11H2,1-6H3,(H,18,19). The zero-order valence-corrected chi connectivity index (χ0v) is 13.9. The molecule has 118 valence electrons. The van der Waals surface area contributed by atoms with Crippen LogP contribution >= 0.6 is 0 Å². The second kappa shape index (κ2) is 6.48. The third kappa shape index (κ3) is 5.05. The zero-order chi connectivity index (χ0) is 16.3. The average Bonchev–Trinajstić information content (AvgIpc) is 2.35. The van der Waals surface area contributed by atoms with Crippen LogP contribution in [0, 0.1) is 0 Å². The largest absolute Gasteiger partial charge is 0.484 e. The van der Waals surface area contributed by atoms with E-state index in [9.17, 15) is 9.90 Å². The Morgan fingerprint density at radius 1 is 1.29 bits per heavy atom. The highest BCUT2D eigenvalue weighted by Gasteiger charge is 2.36. The Morgan fingerprint density at radius 3 is 2.43 bits per heavy atom. The van der Waals surface area contributed by atoms with Crippen LogP contribution in [-0.2, 0) is 4.79 Å². The molecular formula is C17H27NO3. The van der Waals surface area contributed by atoms with Gasteiger partial charge >= 0.3 is 0 Å². The highest BCUT2D eigenvalue weighted by Crippen LogP contribution is 2.21. The second-order valence-electron chi connectivity index (χ2n) is 6.75. The van der Waals surface area contributed by atoms with E-state index in [-0.39, 0.29) is 12.5 Å². The van der Waals surface area contributed by atoms with Crippen molar-refractivity contribution >= 4 is 5.91 Å². The third-order valence-corrected chi connectivity index (χ3v) is 3.88. The van der Waals surface area contributed by atoms with Gasteiger partial charge in [0.05, 0.1) is 11.1 Å². The number of hydrogen-bond acceptors (Lipinski definition) is 3. The van der Waals surface area contributed by atoms with Gasteiger partial charge in [0.2, 0.25) is 0 Å². The number of rotatable bonds is 6. The first kappa shape index (κ1) is 17.5. The molecule has 0 atom stereocenters. The molecule has 1 aromatic carbocycles. The molecule has 4 nitrogen and oxygen atoms in total. The van der Waals surface area contributed by atoms with Crippen molar-refractivity contribution < 1.29 is 14.6 Å². The van der Waals surface area contributed by atoms with E-state index in [1.807, 2.05) is 24.3 Å². The van der Waals surface area contributed by atoms with Crippen molar-refractivity contribution in [2.75, 3.05) is 6.61 Å². The van der Waals surface area contributed by atoms with Crippen molar-refractivity contribution in [2.45, 2.75) is 58.6 Å². The van der Waals surface area contributed by atoms with E-state index in [4.69, 9.17) is 4.74 Å². The summed E-state index contributed by atoms with van der Waals surface area (Å²) in [7, 11) is 0. The van der Waals surface area contributed by atoms with Gasteiger partial charge in [0.1, 0.15) is 5.75 Å². The van der Waals surface area contributed by atoms with Gasteiger partial charge in [0.15, 0.2) is 6.61 Å². The smallest absolute Gasteiger partial charge is 0.258 e. The number of carbonyl (C=O) groups is 1. The molecule has 0 aliphatic carbocycles. The summed E-state index contributed by atoms with van der Waals surface area (Å²) < 4.78 is 5.52. The van der Waals surface area contributed by atoms with Gasteiger partial charge in [-0.2, -0.15) is 0 Å². The van der Waals surface area contributed by atoms with Crippen LogP contribution in [0.5, 0.6) is 5.75 Å². The molecule has 1 rings (SSSR count). The van der Waals surface area contributed by atoms with E-state index in [0.29, 0.717) is 11.7 Å². The fraction of sp³-hybridized carbons (Fsp3) is 0.588. The molecule has 1 aromatic rings. The lowest BCUT2D eigenvalue weighted by molar-refractivity contribution is -0.128. The topological polar surface area (TPSA) is 58.6 Å². The molecule has 0 radical (unpaired) electrons. The Labute approximate surface area is 127 Å². The summed E-state index contributed by atoms with van der Waals surface area (Å²) in [6.07, 6.45) is 0. The first-order valence-corrected chi connectivity index (χ1v) is 7.29. The van der Waals surface area contributed by atoms with Crippen molar-refractivity contribution in [3.05, 3.63) is 29.8 Å². The van der Waals surface area contributed by atoms with Gasteiger partial charge in [0.25, 0.3) is 5.91 Å². The summed E-state index contributed by atoms with van der Waals surface area (Å²) in [6.45, 7) is 11.0. The van der Waals surface area contributed by atoms with E-state index in [1.165, 1.54) is 5.56 Å². The molecule has 0 aliphatic rings. The minimum Gasteiger partial charge on any atom is -0.484 e.